The first-order valence-corrected chi connectivity index (χ1v) is 14.8. The number of hydrogen-bond donors (Lipinski definition) is 1. The molecule has 1 aliphatic heterocycles. The lowest BCUT2D eigenvalue weighted by molar-refractivity contribution is -0.142. The zero-order chi connectivity index (χ0) is 22.6. The highest BCUT2D eigenvalue weighted by Gasteiger charge is 2.48. The van der Waals surface area contributed by atoms with E-state index in [1.54, 1.807) is 17.0 Å². The van der Waals surface area contributed by atoms with E-state index in [1.807, 2.05) is 39.8 Å². The minimum absolute atomic E-state index is 0.0625. The lowest BCUT2D eigenvalue weighted by Gasteiger charge is -2.44. The van der Waals surface area contributed by atoms with Crippen LogP contribution in [0.25, 0.3) is 0 Å². The SMILES string of the molecule is CCN(CC)C(=O)c1ccccc1SC(=O)[C@H](C)[C@H]1NC(=O)[C@@H]1[C@@H](C)O[Si](C)(C)C. The van der Waals surface area contributed by atoms with Crippen molar-refractivity contribution in [2.75, 3.05) is 13.1 Å². The van der Waals surface area contributed by atoms with Crippen LogP contribution in [-0.4, -0.2) is 55.4 Å². The number of benzene rings is 1. The molecule has 0 spiro atoms. The number of amides is 2. The standard InChI is InChI=1S/C22H34N2O4SSi/c1-8-24(9-2)21(26)16-12-10-11-13-17(16)29-22(27)14(3)19-18(20(25)23-19)15(4)28-30(5,6)7/h10-15,18-19H,8-9H2,1-7H3,(H,23,25)/t14-,15-,18-,19-/m1/s1. The summed E-state index contributed by atoms with van der Waals surface area (Å²) in [7, 11) is -1.80. The molecule has 0 unspecified atom stereocenters. The van der Waals surface area contributed by atoms with Gasteiger partial charge in [0.1, 0.15) is 0 Å². The van der Waals surface area contributed by atoms with Crippen molar-refractivity contribution >= 4 is 37.0 Å². The van der Waals surface area contributed by atoms with Crippen LogP contribution >= 0.6 is 11.8 Å². The fourth-order valence-electron chi connectivity index (χ4n) is 3.75. The minimum atomic E-state index is -1.80. The number of carbonyl (C=O) groups is 3. The molecule has 30 heavy (non-hydrogen) atoms. The van der Waals surface area contributed by atoms with Crippen LogP contribution in [-0.2, 0) is 14.0 Å². The highest BCUT2D eigenvalue weighted by atomic mass is 32.2. The second-order valence-corrected chi connectivity index (χ2v) is 14.2. The van der Waals surface area contributed by atoms with Gasteiger partial charge in [0.05, 0.1) is 23.6 Å². The van der Waals surface area contributed by atoms with Crippen molar-refractivity contribution in [1.29, 1.82) is 0 Å². The molecule has 0 radical (unpaired) electrons. The molecule has 1 heterocycles. The average Bonchev–Trinajstić information content (AvgIpc) is 2.65. The molecule has 6 nitrogen and oxygen atoms in total. The summed E-state index contributed by atoms with van der Waals surface area (Å²) in [6, 6.07) is 6.96. The van der Waals surface area contributed by atoms with Gasteiger partial charge in [0.25, 0.3) is 5.91 Å². The summed E-state index contributed by atoms with van der Waals surface area (Å²) in [6.07, 6.45) is -0.229. The third-order valence-electron chi connectivity index (χ3n) is 5.33. The van der Waals surface area contributed by atoms with E-state index in [9.17, 15) is 14.4 Å². The fourth-order valence-corrected chi connectivity index (χ4v) is 5.97. The molecule has 0 aliphatic carbocycles. The zero-order valence-electron chi connectivity index (χ0n) is 19.0. The van der Waals surface area contributed by atoms with Gasteiger partial charge in [-0.2, -0.15) is 0 Å². The van der Waals surface area contributed by atoms with Crippen LogP contribution in [0, 0.1) is 11.8 Å². The number of rotatable bonds is 9. The number of β-lactam (4-membered cyclic amide) rings is 1. The predicted molar refractivity (Wildman–Crippen MR) is 123 cm³/mol. The van der Waals surface area contributed by atoms with Gasteiger partial charge in [-0.25, -0.2) is 0 Å². The van der Waals surface area contributed by atoms with Crippen molar-refractivity contribution in [1.82, 2.24) is 10.2 Å². The lowest BCUT2D eigenvalue weighted by atomic mass is 9.79. The van der Waals surface area contributed by atoms with E-state index in [4.69, 9.17) is 4.43 Å². The van der Waals surface area contributed by atoms with E-state index in [1.165, 1.54) is 0 Å². The molecular formula is C22H34N2O4SSi. The van der Waals surface area contributed by atoms with E-state index in [-0.39, 0.29) is 40.9 Å². The van der Waals surface area contributed by atoms with Gasteiger partial charge in [-0.1, -0.05) is 30.8 Å². The maximum absolute atomic E-state index is 13.0. The van der Waals surface area contributed by atoms with Crippen molar-refractivity contribution in [3.63, 3.8) is 0 Å². The summed E-state index contributed by atoms with van der Waals surface area (Å²) in [6.45, 7) is 15.1. The Morgan fingerprint density at radius 1 is 1.17 bits per heavy atom. The summed E-state index contributed by atoms with van der Waals surface area (Å²) in [5.74, 6) is -0.853. The molecule has 1 saturated heterocycles. The molecule has 8 heteroatoms. The molecule has 0 aromatic heterocycles. The maximum Gasteiger partial charge on any atom is 0.254 e. The molecule has 1 aromatic carbocycles. The summed E-state index contributed by atoms with van der Waals surface area (Å²) in [5.41, 5.74) is 0.538. The number of hydrogen-bond acceptors (Lipinski definition) is 5. The summed E-state index contributed by atoms with van der Waals surface area (Å²) in [5, 5.41) is 2.82. The third-order valence-corrected chi connectivity index (χ3v) is 7.56. The Kier molecular flexibility index (Phi) is 8.30. The zero-order valence-corrected chi connectivity index (χ0v) is 20.8. The summed E-state index contributed by atoms with van der Waals surface area (Å²) in [4.78, 5) is 40.5. The molecule has 1 N–H and O–H groups in total. The van der Waals surface area contributed by atoms with Gasteiger partial charge >= 0.3 is 0 Å². The molecule has 1 aliphatic rings. The van der Waals surface area contributed by atoms with Crippen molar-refractivity contribution < 1.29 is 18.8 Å². The molecule has 1 fully saturated rings. The summed E-state index contributed by atoms with van der Waals surface area (Å²) < 4.78 is 6.10. The molecular weight excluding hydrogens is 416 g/mol. The van der Waals surface area contributed by atoms with Gasteiger partial charge in [-0.05, 0) is 52.5 Å². The second-order valence-electron chi connectivity index (χ2n) is 8.68. The monoisotopic (exact) mass is 450 g/mol. The quantitative estimate of drug-likeness (QED) is 0.352. The summed E-state index contributed by atoms with van der Waals surface area (Å²) >= 11 is 1.08. The highest BCUT2D eigenvalue weighted by Crippen LogP contribution is 2.34. The normalized spacial score (nSPS) is 20.7. The van der Waals surface area contributed by atoms with Crippen molar-refractivity contribution in [2.45, 2.75) is 64.4 Å². The van der Waals surface area contributed by atoms with E-state index in [2.05, 4.69) is 25.0 Å². The van der Waals surface area contributed by atoms with Crippen LogP contribution in [0.1, 0.15) is 38.1 Å². The predicted octanol–water partition coefficient (Wildman–Crippen LogP) is 3.78. The molecule has 0 bridgehead atoms. The number of nitrogens with one attached hydrogen (secondary N) is 1. The Hall–Kier alpha value is -1.64. The Morgan fingerprint density at radius 3 is 2.30 bits per heavy atom. The van der Waals surface area contributed by atoms with E-state index in [0.717, 1.165) is 11.8 Å². The van der Waals surface area contributed by atoms with E-state index in [0.29, 0.717) is 23.5 Å². The van der Waals surface area contributed by atoms with Crippen LogP contribution in [0.3, 0.4) is 0 Å². The Balaban J connectivity index is 2.13. The van der Waals surface area contributed by atoms with Gasteiger partial charge in [0, 0.05) is 23.9 Å². The van der Waals surface area contributed by atoms with Crippen LogP contribution in [0.5, 0.6) is 0 Å². The lowest BCUT2D eigenvalue weighted by Crippen LogP contribution is -2.66. The van der Waals surface area contributed by atoms with Gasteiger partial charge in [-0.15, -0.1) is 0 Å². The molecule has 4 atom stereocenters. The second kappa shape index (κ2) is 10.1. The maximum atomic E-state index is 13.0. The van der Waals surface area contributed by atoms with E-state index >= 15 is 0 Å². The van der Waals surface area contributed by atoms with Crippen LogP contribution in [0.15, 0.2) is 29.2 Å². The van der Waals surface area contributed by atoms with Gasteiger partial charge < -0.3 is 14.6 Å². The third kappa shape index (κ3) is 5.74. The number of carbonyl (C=O) groups excluding carboxylic acids is 3. The highest BCUT2D eigenvalue weighted by molar-refractivity contribution is 8.13. The van der Waals surface area contributed by atoms with Gasteiger partial charge in [0.2, 0.25) is 5.91 Å². The molecule has 0 saturated carbocycles. The van der Waals surface area contributed by atoms with Crippen LogP contribution in [0.4, 0.5) is 0 Å². The number of thioether (sulfide) groups is 1. The first kappa shape index (κ1) is 24.6. The Morgan fingerprint density at radius 2 is 1.77 bits per heavy atom. The molecule has 1 aromatic rings. The Bertz CT molecular complexity index is 792. The van der Waals surface area contributed by atoms with Crippen LogP contribution in [0.2, 0.25) is 19.6 Å². The van der Waals surface area contributed by atoms with E-state index < -0.39 is 8.32 Å². The van der Waals surface area contributed by atoms with Gasteiger partial charge in [-0.3, -0.25) is 14.4 Å². The first-order valence-electron chi connectivity index (χ1n) is 10.6. The first-order chi connectivity index (χ1) is 14.0. The Labute approximate surface area is 185 Å². The van der Waals surface area contributed by atoms with Crippen molar-refractivity contribution in [2.24, 2.45) is 11.8 Å². The number of nitrogens with zero attached hydrogens (tertiary/aromatic N) is 1. The minimum Gasteiger partial charge on any atom is -0.414 e. The topological polar surface area (TPSA) is 75.7 Å². The van der Waals surface area contributed by atoms with Crippen LogP contribution < -0.4 is 5.32 Å². The largest absolute Gasteiger partial charge is 0.414 e. The molecule has 166 valence electrons. The molecule has 2 amide bonds. The van der Waals surface area contributed by atoms with Gasteiger partial charge in [0.15, 0.2) is 13.4 Å². The smallest absolute Gasteiger partial charge is 0.254 e. The molecule has 2 rings (SSSR count). The average molecular weight is 451 g/mol. The van der Waals surface area contributed by atoms with Crippen molar-refractivity contribution in [3.05, 3.63) is 29.8 Å². The fraction of sp³-hybridized carbons (Fsp3) is 0.591. The van der Waals surface area contributed by atoms with Crippen molar-refractivity contribution in [3.8, 4) is 0 Å².